The third kappa shape index (κ3) is 4.71. The minimum Gasteiger partial charge on any atom is -0.478 e. The summed E-state index contributed by atoms with van der Waals surface area (Å²) in [5.41, 5.74) is 0.818. The van der Waals surface area contributed by atoms with Gasteiger partial charge in [0.1, 0.15) is 4.90 Å². The number of hydrogen-bond acceptors (Lipinski definition) is 5. The summed E-state index contributed by atoms with van der Waals surface area (Å²) in [5.74, 6) is 0.747. The molecule has 2 aromatic carbocycles. The maximum Gasteiger partial charge on any atom is 0.337 e. The van der Waals surface area contributed by atoms with E-state index in [-0.39, 0.29) is 21.2 Å². The highest BCUT2D eigenvalue weighted by Gasteiger charge is 2.22. The molecule has 6 nitrogen and oxygen atoms in total. The average molecular weight is 492 g/mol. The van der Waals surface area contributed by atoms with Gasteiger partial charge in [0, 0.05) is 34.8 Å². The lowest BCUT2D eigenvalue weighted by atomic mass is 10.1. The number of nitrogens with one attached hydrogen (secondary N) is 1. The molecule has 144 valence electrons. The molecule has 1 fully saturated rings. The molecule has 0 amide bonds. The van der Waals surface area contributed by atoms with Gasteiger partial charge in [-0.25, -0.2) is 13.2 Å². The van der Waals surface area contributed by atoms with Gasteiger partial charge in [-0.3, -0.25) is 4.72 Å². The molecule has 0 bridgehead atoms. The molecular weight excluding hydrogens is 476 g/mol. The maximum absolute atomic E-state index is 12.6. The Morgan fingerprint density at radius 1 is 1.19 bits per heavy atom. The summed E-state index contributed by atoms with van der Waals surface area (Å²) in [6.07, 6.45) is 0. The molecule has 0 atom stereocenters. The molecule has 0 aliphatic carbocycles. The molecule has 2 N–H and O–H groups in total. The number of hydrogen-bond donors (Lipinski definition) is 2. The molecule has 27 heavy (non-hydrogen) atoms. The van der Waals surface area contributed by atoms with Crippen molar-refractivity contribution in [1.29, 1.82) is 0 Å². The van der Waals surface area contributed by atoms with Crippen LogP contribution in [0.25, 0.3) is 0 Å². The van der Waals surface area contributed by atoms with Crippen LogP contribution in [0.5, 0.6) is 0 Å². The Balaban J connectivity index is 1.93. The Bertz CT molecular complexity index is 979. The van der Waals surface area contributed by atoms with E-state index < -0.39 is 16.0 Å². The van der Waals surface area contributed by atoms with Gasteiger partial charge in [-0.05, 0) is 36.4 Å². The van der Waals surface area contributed by atoms with E-state index in [1.807, 2.05) is 16.7 Å². The lowest BCUT2D eigenvalue weighted by molar-refractivity contribution is 0.0697. The van der Waals surface area contributed by atoms with Crippen molar-refractivity contribution in [3.63, 3.8) is 0 Å². The Kier molecular flexibility index (Phi) is 6.25. The van der Waals surface area contributed by atoms with Gasteiger partial charge in [-0.2, -0.15) is 11.8 Å². The third-order valence-electron chi connectivity index (χ3n) is 4.01. The van der Waals surface area contributed by atoms with Crippen LogP contribution in [-0.2, 0) is 10.0 Å². The highest BCUT2D eigenvalue weighted by molar-refractivity contribution is 9.10. The van der Waals surface area contributed by atoms with Crippen LogP contribution in [-0.4, -0.2) is 44.1 Å². The SMILES string of the molecule is O=C(O)c1cc(NS(=O)(=O)c2ccc(Br)cc2Cl)ccc1N1CCSCC1. The topological polar surface area (TPSA) is 86.7 Å². The zero-order valence-electron chi connectivity index (χ0n) is 14.0. The fourth-order valence-electron chi connectivity index (χ4n) is 2.75. The van der Waals surface area contributed by atoms with Crippen molar-refractivity contribution in [3.8, 4) is 0 Å². The number of sulfonamides is 1. The fraction of sp³-hybridized carbons (Fsp3) is 0.235. The van der Waals surface area contributed by atoms with E-state index in [1.54, 1.807) is 18.2 Å². The summed E-state index contributed by atoms with van der Waals surface area (Å²) in [4.78, 5) is 13.6. The van der Waals surface area contributed by atoms with Crippen molar-refractivity contribution in [1.82, 2.24) is 0 Å². The zero-order chi connectivity index (χ0) is 19.6. The van der Waals surface area contributed by atoms with Gasteiger partial charge in [0.25, 0.3) is 10.0 Å². The van der Waals surface area contributed by atoms with Crippen LogP contribution < -0.4 is 9.62 Å². The lowest BCUT2D eigenvalue weighted by Crippen LogP contribution is -2.33. The molecule has 1 aliphatic heterocycles. The van der Waals surface area contributed by atoms with Crippen molar-refractivity contribution in [2.75, 3.05) is 34.2 Å². The number of carboxylic acid groups (broad SMARTS) is 1. The molecular formula is C17H16BrClN2O4S2. The molecule has 1 saturated heterocycles. The van der Waals surface area contributed by atoms with Crippen LogP contribution in [0.1, 0.15) is 10.4 Å². The van der Waals surface area contributed by atoms with E-state index in [9.17, 15) is 18.3 Å². The number of anilines is 2. The monoisotopic (exact) mass is 490 g/mol. The van der Waals surface area contributed by atoms with Crippen molar-refractivity contribution < 1.29 is 18.3 Å². The summed E-state index contributed by atoms with van der Waals surface area (Å²) < 4.78 is 28.3. The molecule has 1 heterocycles. The van der Waals surface area contributed by atoms with Crippen LogP contribution in [0.4, 0.5) is 11.4 Å². The van der Waals surface area contributed by atoms with E-state index in [2.05, 4.69) is 20.7 Å². The second kappa shape index (κ2) is 8.30. The molecule has 1 aliphatic rings. The van der Waals surface area contributed by atoms with E-state index in [0.717, 1.165) is 24.6 Å². The average Bonchev–Trinajstić information content (AvgIpc) is 2.61. The number of carboxylic acids is 1. The number of benzene rings is 2. The first kappa shape index (κ1) is 20.3. The summed E-state index contributed by atoms with van der Waals surface area (Å²) in [6, 6.07) is 8.97. The molecule has 3 rings (SSSR count). The van der Waals surface area contributed by atoms with Crippen molar-refractivity contribution in [3.05, 3.63) is 51.5 Å². The Hall–Kier alpha value is -1.42. The largest absolute Gasteiger partial charge is 0.478 e. The predicted octanol–water partition coefficient (Wildman–Crippen LogP) is 4.15. The molecule has 0 radical (unpaired) electrons. The Morgan fingerprint density at radius 3 is 2.52 bits per heavy atom. The summed E-state index contributed by atoms with van der Waals surface area (Å²) in [5, 5.41) is 9.64. The standard InChI is InChI=1S/C17H16BrClN2O4S2/c18-11-1-4-16(14(19)9-11)27(24,25)20-12-2-3-15(13(10-12)17(22)23)21-5-7-26-8-6-21/h1-4,9-10,20H,5-8H2,(H,22,23). The quantitative estimate of drug-likeness (QED) is 0.653. The summed E-state index contributed by atoms with van der Waals surface area (Å²) in [7, 11) is -3.95. The van der Waals surface area contributed by atoms with Gasteiger partial charge in [0.2, 0.25) is 0 Å². The first-order valence-electron chi connectivity index (χ1n) is 7.96. The summed E-state index contributed by atoms with van der Waals surface area (Å²) in [6.45, 7) is 1.51. The van der Waals surface area contributed by atoms with Crippen molar-refractivity contribution in [2.45, 2.75) is 4.90 Å². The molecule has 10 heteroatoms. The predicted molar refractivity (Wildman–Crippen MR) is 113 cm³/mol. The second-order valence-corrected chi connectivity index (χ2v) is 10.0. The van der Waals surface area contributed by atoms with Gasteiger partial charge in [-0.15, -0.1) is 0 Å². The van der Waals surface area contributed by atoms with E-state index in [1.165, 1.54) is 18.2 Å². The van der Waals surface area contributed by atoms with Crippen molar-refractivity contribution in [2.24, 2.45) is 0 Å². The smallest absolute Gasteiger partial charge is 0.337 e. The van der Waals surface area contributed by atoms with Crippen LogP contribution in [0, 0.1) is 0 Å². The highest BCUT2D eigenvalue weighted by atomic mass is 79.9. The molecule has 0 unspecified atom stereocenters. The fourth-order valence-corrected chi connectivity index (χ4v) is 5.75. The van der Waals surface area contributed by atoms with E-state index in [0.29, 0.717) is 10.2 Å². The highest BCUT2D eigenvalue weighted by Crippen LogP contribution is 2.30. The number of aromatic carboxylic acids is 1. The maximum atomic E-state index is 12.6. The van der Waals surface area contributed by atoms with Crippen LogP contribution in [0.2, 0.25) is 5.02 Å². The van der Waals surface area contributed by atoms with Gasteiger partial charge >= 0.3 is 5.97 Å². The third-order valence-corrected chi connectivity index (χ3v) is 7.31. The zero-order valence-corrected chi connectivity index (χ0v) is 18.0. The Labute approximate surface area is 175 Å². The first-order valence-corrected chi connectivity index (χ1v) is 11.8. The Morgan fingerprint density at radius 2 is 1.89 bits per heavy atom. The molecule has 0 saturated carbocycles. The minimum absolute atomic E-state index is 0.0593. The van der Waals surface area contributed by atoms with Crippen LogP contribution >= 0.6 is 39.3 Å². The molecule has 0 spiro atoms. The van der Waals surface area contributed by atoms with E-state index >= 15 is 0 Å². The number of nitrogens with zero attached hydrogens (tertiary/aromatic N) is 1. The van der Waals surface area contributed by atoms with Gasteiger partial charge in [-0.1, -0.05) is 27.5 Å². The number of carbonyl (C=O) groups is 1. The molecule has 0 aromatic heterocycles. The van der Waals surface area contributed by atoms with Gasteiger partial charge in [0.15, 0.2) is 0 Å². The number of rotatable bonds is 5. The number of halogens is 2. The van der Waals surface area contributed by atoms with Gasteiger partial charge in [0.05, 0.1) is 16.3 Å². The summed E-state index contributed by atoms with van der Waals surface area (Å²) >= 11 is 11.1. The normalized spacial score (nSPS) is 14.8. The van der Waals surface area contributed by atoms with Crippen molar-refractivity contribution >= 4 is 66.7 Å². The molecule has 2 aromatic rings. The second-order valence-electron chi connectivity index (χ2n) is 5.82. The van der Waals surface area contributed by atoms with Crippen LogP contribution in [0.15, 0.2) is 45.8 Å². The van der Waals surface area contributed by atoms with Crippen LogP contribution in [0.3, 0.4) is 0 Å². The minimum atomic E-state index is -3.95. The lowest BCUT2D eigenvalue weighted by Gasteiger charge is -2.29. The van der Waals surface area contributed by atoms with Gasteiger partial charge < -0.3 is 10.0 Å². The first-order chi connectivity index (χ1) is 12.8. The number of thioether (sulfide) groups is 1. The van der Waals surface area contributed by atoms with E-state index in [4.69, 9.17) is 11.6 Å².